The monoisotopic (exact) mass is 502 g/mol. The van der Waals surface area contributed by atoms with Crippen molar-refractivity contribution in [2.75, 3.05) is 25.2 Å². The molecule has 2 aromatic rings. The molecule has 0 fully saturated rings. The van der Waals surface area contributed by atoms with E-state index in [9.17, 15) is 8.78 Å². The highest BCUT2D eigenvalue weighted by molar-refractivity contribution is 8.02. The van der Waals surface area contributed by atoms with Gasteiger partial charge in [0.05, 0.1) is 29.8 Å². The van der Waals surface area contributed by atoms with Crippen LogP contribution in [0.25, 0.3) is 0 Å². The Morgan fingerprint density at radius 3 is 2.89 bits per heavy atom. The van der Waals surface area contributed by atoms with Crippen LogP contribution >= 0.6 is 11.8 Å². The van der Waals surface area contributed by atoms with Gasteiger partial charge in [-0.3, -0.25) is 4.99 Å². The van der Waals surface area contributed by atoms with Gasteiger partial charge in [-0.25, -0.2) is 8.78 Å². The molecular formula is C27H36F2N4OS. The van der Waals surface area contributed by atoms with Gasteiger partial charge >= 0.3 is 0 Å². The number of anilines is 1. The molecule has 5 nitrogen and oxygen atoms in total. The third kappa shape index (κ3) is 10.5. The van der Waals surface area contributed by atoms with Crippen LogP contribution in [-0.4, -0.2) is 29.6 Å². The van der Waals surface area contributed by atoms with Crippen molar-refractivity contribution in [1.82, 2.24) is 9.72 Å². The second kappa shape index (κ2) is 15.9. The molecule has 0 saturated carbocycles. The van der Waals surface area contributed by atoms with Crippen molar-refractivity contribution in [3.8, 4) is 0 Å². The van der Waals surface area contributed by atoms with Crippen LogP contribution in [0.4, 0.5) is 14.5 Å². The van der Waals surface area contributed by atoms with Gasteiger partial charge in [0.2, 0.25) is 0 Å². The summed E-state index contributed by atoms with van der Waals surface area (Å²) in [4.78, 5) is 5.94. The highest BCUT2D eigenvalue weighted by Crippen LogP contribution is 2.15. The summed E-state index contributed by atoms with van der Waals surface area (Å²) in [6, 6.07) is 3.95. The number of halogens is 2. The van der Waals surface area contributed by atoms with Crippen LogP contribution in [-0.2, 0) is 13.0 Å². The molecule has 8 heteroatoms. The Kier molecular flexibility index (Phi) is 12.9. The van der Waals surface area contributed by atoms with Gasteiger partial charge in [-0.1, -0.05) is 42.0 Å². The number of pyridine rings is 1. The first-order valence-electron chi connectivity index (χ1n) is 11.8. The molecule has 35 heavy (non-hydrogen) atoms. The van der Waals surface area contributed by atoms with E-state index in [-0.39, 0.29) is 12.8 Å². The Morgan fingerprint density at radius 2 is 2.17 bits per heavy atom. The van der Waals surface area contributed by atoms with E-state index >= 15 is 0 Å². The number of aromatic nitrogens is 2. The van der Waals surface area contributed by atoms with Crippen molar-refractivity contribution in [3.63, 3.8) is 0 Å². The topological polar surface area (TPSA) is 55.4 Å². The predicted octanol–water partition coefficient (Wildman–Crippen LogP) is 7.12. The molecule has 2 aromatic heterocycles. The van der Waals surface area contributed by atoms with Crippen LogP contribution in [0.1, 0.15) is 51.0 Å². The Morgan fingerprint density at radius 1 is 1.34 bits per heavy atom. The molecule has 0 unspecified atom stereocenters. The van der Waals surface area contributed by atoms with Gasteiger partial charge in [-0.05, 0) is 38.5 Å². The summed E-state index contributed by atoms with van der Waals surface area (Å²) in [6.07, 6.45) is 17.7. The highest BCUT2D eigenvalue weighted by atomic mass is 32.2. The Balaban J connectivity index is 1.97. The van der Waals surface area contributed by atoms with E-state index in [0.29, 0.717) is 25.9 Å². The lowest BCUT2D eigenvalue weighted by Gasteiger charge is -2.08. The number of nitrogens with zero attached hydrogens (tertiary/aromatic N) is 3. The molecule has 0 aliphatic rings. The SMILES string of the molecule is CC/C=C(\C=C/Cc1cc(Cn2ccc(=NC/C(C)=C/CCC/C(F)=C/F)c(NC)c2)on1)SC. The second-order valence-electron chi connectivity index (χ2n) is 8.09. The maximum atomic E-state index is 12.8. The van der Waals surface area contributed by atoms with Gasteiger partial charge in [0.1, 0.15) is 12.2 Å². The molecule has 2 heterocycles. The summed E-state index contributed by atoms with van der Waals surface area (Å²) < 4.78 is 32.4. The molecule has 0 amide bonds. The fourth-order valence-corrected chi connectivity index (χ4v) is 3.90. The lowest BCUT2D eigenvalue weighted by Crippen LogP contribution is -2.14. The van der Waals surface area contributed by atoms with E-state index in [0.717, 1.165) is 40.9 Å². The maximum absolute atomic E-state index is 12.8. The number of unbranched alkanes of at least 4 members (excludes halogenated alkanes) is 1. The van der Waals surface area contributed by atoms with Crippen molar-refractivity contribution in [2.24, 2.45) is 4.99 Å². The van der Waals surface area contributed by atoms with Gasteiger partial charge in [0, 0.05) is 43.3 Å². The molecule has 0 spiro atoms. The quantitative estimate of drug-likeness (QED) is 0.170. The molecule has 0 bridgehead atoms. The van der Waals surface area contributed by atoms with Gasteiger partial charge in [-0.2, -0.15) is 0 Å². The maximum Gasteiger partial charge on any atom is 0.156 e. The summed E-state index contributed by atoms with van der Waals surface area (Å²) in [5, 5.41) is 8.24. The average Bonchev–Trinajstić information content (AvgIpc) is 3.31. The van der Waals surface area contributed by atoms with Gasteiger partial charge < -0.3 is 14.4 Å². The number of allylic oxidation sites excluding steroid dienone is 5. The summed E-state index contributed by atoms with van der Waals surface area (Å²) in [6.45, 7) is 5.24. The zero-order chi connectivity index (χ0) is 25.5. The van der Waals surface area contributed by atoms with Crippen LogP contribution in [0, 0.1) is 0 Å². The van der Waals surface area contributed by atoms with Gasteiger partial charge in [0.25, 0.3) is 0 Å². The van der Waals surface area contributed by atoms with Crippen LogP contribution in [0.5, 0.6) is 0 Å². The third-order valence-corrected chi connectivity index (χ3v) is 5.96. The van der Waals surface area contributed by atoms with Crippen molar-refractivity contribution in [2.45, 2.75) is 52.5 Å². The normalized spacial score (nSPS) is 13.8. The van der Waals surface area contributed by atoms with Crippen molar-refractivity contribution >= 4 is 17.4 Å². The Bertz CT molecular complexity index is 1110. The second-order valence-corrected chi connectivity index (χ2v) is 8.97. The van der Waals surface area contributed by atoms with Crippen molar-refractivity contribution in [3.05, 3.63) is 88.3 Å². The summed E-state index contributed by atoms with van der Waals surface area (Å²) in [5.74, 6) is 0.0807. The molecule has 0 atom stereocenters. The third-order valence-electron chi connectivity index (χ3n) is 5.19. The van der Waals surface area contributed by atoms with Crippen molar-refractivity contribution in [1.29, 1.82) is 0 Å². The zero-order valence-corrected chi connectivity index (χ0v) is 21.9. The van der Waals surface area contributed by atoms with E-state index in [4.69, 9.17) is 4.52 Å². The van der Waals surface area contributed by atoms with Gasteiger partial charge in [0.15, 0.2) is 5.76 Å². The molecule has 0 radical (unpaired) electrons. The number of rotatable bonds is 14. The first-order chi connectivity index (χ1) is 17.0. The van der Waals surface area contributed by atoms with E-state index in [1.807, 2.05) is 49.1 Å². The van der Waals surface area contributed by atoms with E-state index in [1.54, 1.807) is 11.8 Å². The van der Waals surface area contributed by atoms with Crippen LogP contribution < -0.4 is 10.7 Å². The number of hydrogen-bond acceptors (Lipinski definition) is 5. The number of thioether (sulfide) groups is 1. The van der Waals surface area contributed by atoms with Crippen LogP contribution in [0.3, 0.4) is 0 Å². The largest absolute Gasteiger partial charge is 0.385 e. The summed E-state index contributed by atoms with van der Waals surface area (Å²) in [5.41, 5.74) is 2.90. The minimum absolute atomic E-state index is 0.0278. The van der Waals surface area contributed by atoms with Crippen LogP contribution in [0.15, 0.2) is 81.0 Å². The molecule has 1 N–H and O–H groups in total. The molecule has 0 saturated heterocycles. The fourth-order valence-electron chi connectivity index (χ4n) is 3.33. The smallest absolute Gasteiger partial charge is 0.156 e. The van der Waals surface area contributed by atoms with Gasteiger partial charge in [-0.15, -0.1) is 11.8 Å². The van der Waals surface area contributed by atoms with E-state index in [1.165, 1.54) is 4.91 Å². The first kappa shape index (κ1) is 28.4. The number of hydrogen-bond donors (Lipinski definition) is 1. The standard InChI is InChI=1S/C27H36F2N4OS/c1-5-9-25(35-4)13-8-12-23-16-24(34-32-23)19-33-15-14-26(27(20-33)30-3)31-18-21(2)10-6-7-11-22(29)17-28/h8-10,13-17,20,30H,5-7,11-12,18-19H2,1-4H3/b13-8-,21-10+,22-17-,25-9+,31-26?. The lowest BCUT2D eigenvalue weighted by molar-refractivity contribution is 0.371. The van der Waals surface area contributed by atoms with Crippen molar-refractivity contribution < 1.29 is 13.3 Å². The van der Waals surface area contributed by atoms with E-state index in [2.05, 4.69) is 46.9 Å². The number of nitrogens with one attached hydrogen (secondary N) is 1. The molecule has 190 valence electrons. The van der Waals surface area contributed by atoms with Crippen LogP contribution in [0.2, 0.25) is 0 Å². The molecular weight excluding hydrogens is 466 g/mol. The first-order valence-corrected chi connectivity index (χ1v) is 13.0. The molecule has 0 aliphatic heterocycles. The summed E-state index contributed by atoms with van der Waals surface area (Å²) >= 11 is 1.74. The molecule has 0 aromatic carbocycles. The Hall–Kier alpha value is -2.87. The predicted molar refractivity (Wildman–Crippen MR) is 143 cm³/mol. The minimum atomic E-state index is -0.708. The molecule has 0 aliphatic carbocycles. The average molecular weight is 503 g/mol. The Labute approximate surface area is 211 Å². The summed E-state index contributed by atoms with van der Waals surface area (Å²) in [7, 11) is 1.86. The highest BCUT2D eigenvalue weighted by Gasteiger charge is 2.05. The van der Waals surface area contributed by atoms with E-state index < -0.39 is 5.83 Å². The molecule has 2 rings (SSSR count). The lowest BCUT2D eigenvalue weighted by atomic mass is 10.1. The minimum Gasteiger partial charge on any atom is -0.385 e. The zero-order valence-electron chi connectivity index (χ0n) is 21.1. The fraction of sp³-hybridized carbons (Fsp3) is 0.407.